The van der Waals surface area contributed by atoms with E-state index in [1.807, 2.05) is 47.5 Å². The molecule has 3 heterocycles. The van der Waals surface area contributed by atoms with Crippen molar-refractivity contribution in [3.8, 4) is 5.75 Å². The van der Waals surface area contributed by atoms with E-state index < -0.39 is 11.2 Å². The second kappa shape index (κ2) is 9.68. The van der Waals surface area contributed by atoms with Crippen molar-refractivity contribution in [2.75, 3.05) is 7.11 Å². The van der Waals surface area contributed by atoms with Crippen molar-refractivity contribution < 1.29 is 9.53 Å². The van der Waals surface area contributed by atoms with E-state index in [4.69, 9.17) is 4.74 Å². The average Bonchev–Trinajstić information content (AvgIpc) is 3.50. The van der Waals surface area contributed by atoms with E-state index in [9.17, 15) is 14.4 Å². The van der Waals surface area contributed by atoms with Crippen LogP contribution < -0.4 is 16.0 Å². The van der Waals surface area contributed by atoms with Crippen LogP contribution in [0.4, 0.5) is 0 Å². The fraction of sp³-hybridized carbons (Fsp3) is 0.333. The van der Waals surface area contributed by atoms with E-state index in [-0.39, 0.29) is 29.7 Å². The first-order valence-electron chi connectivity index (χ1n) is 10.9. The van der Waals surface area contributed by atoms with E-state index in [0.29, 0.717) is 6.54 Å². The maximum absolute atomic E-state index is 13.6. The number of aryl methyl sites for hydroxylation is 1. The van der Waals surface area contributed by atoms with Gasteiger partial charge in [-0.15, -0.1) is 11.3 Å². The molecule has 0 fully saturated rings. The maximum Gasteiger partial charge on any atom is 0.332 e. The molecular weight excluding hydrogens is 454 g/mol. The van der Waals surface area contributed by atoms with Crippen molar-refractivity contribution in [1.29, 1.82) is 0 Å². The molecule has 0 N–H and O–H groups in total. The van der Waals surface area contributed by atoms with E-state index >= 15 is 0 Å². The van der Waals surface area contributed by atoms with E-state index in [1.54, 1.807) is 25.5 Å². The van der Waals surface area contributed by atoms with Gasteiger partial charge in [0.1, 0.15) is 12.3 Å². The Kier molecular flexibility index (Phi) is 6.69. The van der Waals surface area contributed by atoms with Crippen LogP contribution in [0, 0.1) is 0 Å². The highest BCUT2D eigenvalue weighted by atomic mass is 32.1. The maximum atomic E-state index is 13.6. The van der Waals surface area contributed by atoms with Gasteiger partial charge in [0.2, 0.25) is 5.91 Å². The number of carbonyl (C=O) groups excluding carboxylic acids is 1. The largest absolute Gasteiger partial charge is 0.497 e. The Balaban J connectivity index is 1.66. The summed E-state index contributed by atoms with van der Waals surface area (Å²) in [5, 5.41) is 2.02. The van der Waals surface area contributed by atoms with Gasteiger partial charge in [-0.1, -0.05) is 18.2 Å². The Morgan fingerprint density at radius 1 is 1.15 bits per heavy atom. The second-order valence-corrected chi connectivity index (χ2v) is 9.28. The van der Waals surface area contributed by atoms with Crippen LogP contribution in [-0.4, -0.2) is 42.6 Å². The van der Waals surface area contributed by atoms with Crippen LogP contribution in [0.2, 0.25) is 0 Å². The quantitative estimate of drug-likeness (QED) is 0.385. The molecule has 0 saturated carbocycles. The number of nitrogens with zero attached hydrogens (tertiary/aromatic N) is 5. The van der Waals surface area contributed by atoms with Gasteiger partial charge in [0.05, 0.1) is 13.4 Å². The van der Waals surface area contributed by atoms with Crippen LogP contribution in [0.5, 0.6) is 5.75 Å². The zero-order valence-electron chi connectivity index (χ0n) is 19.6. The number of imidazole rings is 1. The predicted octanol–water partition coefficient (Wildman–Crippen LogP) is 2.16. The van der Waals surface area contributed by atoms with Gasteiger partial charge in [0.15, 0.2) is 11.2 Å². The number of rotatable bonds is 8. The van der Waals surface area contributed by atoms with Crippen LogP contribution in [0.1, 0.15) is 17.4 Å². The Morgan fingerprint density at radius 2 is 1.88 bits per heavy atom. The molecular formula is C24H27N5O4S. The second-order valence-electron chi connectivity index (χ2n) is 8.25. The molecule has 0 aliphatic rings. The summed E-state index contributed by atoms with van der Waals surface area (Å²) in [4.78, 5) is 45.8. The number of ether oxygens (including phenoxy) is 1. The molecule has 0 bridgehead atoms. The number of carbonyl (C=O) groups is 1. The predicted molar refractivity (Wildman–Crippen MR) is 131 cm³/mol. The lowest BCUT2D eigenvalue weighted by molar-refractivity contribution is -0.134. The average molecular weight is 482 g/mol. The summed E-state index contributed by atoms with van der Waals surface area (Å²) >= 11 is 1.66. The first kappa shape index (κ1) is 23.5. The van der Waals surface area contributed by atoms with E-state index in [0.717, 1.165) is 22.3 Å². The van der Waals surface area contributed by atoms with Gasteiger partial charge >= 0.3 is 5.69 Å². The summed E-state index contributed by atoms with van der Waals surface area (Å²) in [5.41, 5.74) is 0.528. The molecule has 34 heavy (non-hydrogen) atoms. The molecule has 1 atom stereocenters. The molecule has 9 nitrogen and oxygen atoms in total. The van der Waals surface area contributed by atoms with Gasteiger partial charge in [0, 0.05) is 38.0 Å². The molecule has 178 valence electrons. The molecule has 0 spiro atoms. The molecule has 4 rings (SSSR count). The molecule has 3 aromatic heterocycles. The number of hydrogen-bond donors (Lipinski definition) is 0. The van der Waals surface area contributed by atoms with Gasteiger partial charge in [-0.2, -0.15) is 0 Å². The van der Waals surface area contributed by atoms with Crippen LogP contribution in [-0.2, 0) is 38.4 Å². The summed E-state index contributed by atoms with van der Waals surface area (Å²) in [6, 6.07) is 11.6. The molecule has 0 aliphatic heterocycles. The molecule has 1 amide bonds. The molecule has 0 radical (unpaired) electrons. The van der Waals surface area contributed by atoms with Gasteiger partial charge < -0.3 is 14.2 Å². The number of thiophene rings is 1. The minimum Gasteiger partial charge on any atom is -0.497 e. The Hall–Kier alpha value is -3.66. The molecule has 0 saturated heterocycles. The fourth-order valence-electron chi connectivity index (χ4n) is 4.00. The van der Waals surface area contributed by atoms with Crippen molar-refractivity contribution in [2.45, 2.75) is 32.5 Å². The molecule has 1 aromatic carbocycles. The van der Waals surface area contributed by atoms with E-state index in [1.165, 1.54) is 27.4 Å². The van der Waals surface area contributed by atoms with Crippen molar-refractivity contribution in [2.24, 2.45) is 14.1 Å². The van der Waals surface area contributed by atoms with Gasteiger partial charge in [-0.3, -0.25) is 18.7 Å². The van der Waals surface area contributed by atoms with Crippen LogP contribution in [0.3, 0.4) is 0 Å². The fourth-order valence-corrected chi connectivity index (χ4v) is 4.83. The van der Waals surface area contributed by atoms with E-state index in [2.05, 4.69) is 11.1 Å². The Morgan fingerprint density at radius 3 is 2.53 bits per heavy atom. The third kappa shape index (κ3) is 4.54. The number of aromatic nitrogens is 4. The lowest BCUT2D eigenvalue weighted by Gasteiger charge is -2.29. The number of fused-ring (bicyclic) bond motifs is 1. The number of benzene rings is 1. The first-order chi connectivity index (χ1) is 16.3. The monoisotopic (exact) mass is 481 g/mol. The standard InChI is InChI=1S/C24H27N5O4S/c1-16(12-19-6-5-11-34-19)29(13-17-7-9-18(33-4)10-8-17)20(30)14-28-15-25-22-21(28)23(31)27(3)24(32)26(22)2/h5-11,15-16H,12-14H2,1-4H3/t16-/m0/s1. The summed E-state index contributed by atoms with van der Waals surface area (Å²) in [7, 11) is 4.59. The lowest BCUT2D eigenvalue weighted by atomic mass is 10.1. The normalized spacial score (nSPS) is 12.1. The van der Waals surface area contributed by atoms with Crippen molar-refractivity contribution in [1.82, 2.24) is 23.6 Å². The zero-order valence-corrected chi connectivity index (χ0v) is 20.4. The lowest BCUT2D eigenvalue weighted by Crippen LogP contribution is -2.42. The Labute approximate surface area is 200 Å². The topological polar surface area (TPSA) is 91.4 Å². The number of methoxy groups -OCH3 is 1. The third-order valence-electron chi connectivity index (χ3n) is 5.96. The summed E-state index contributed by atoms with van der Waals surface area (Å²) in [6.45, 7) is 2.38. The van der Waals surface area contributed by atoms with Crippen LogP contribution in [0.15, 0.2) is 57.7 Å². The summed E-state index contributed by atoms with van der Waals surface area (Å²) in [6.07, 6.45) is 2.17. The SMILES string of the molecule is COc1ccc(CN(C(=O)Cn2cnc3c2c(=O)n(C)c(=O)n3C)[C@@H](C)Cc2cccs2)cc1. The number of hydrogen-bond acceptors (Lipinski definition) is 6. The molecule has 4 aromatic rings. The number of amides is 1. The third-order valence-corrected chi connectivity index (χ3v) is 6.86. The first-order valence-corrected chi connectivity index (χ1v) is 11.7. The minimum atomic E-state index is -0.475. The highest BCUT2D eigenvalue weighted by Crippen LogP contribution is 2.19. The van der Waals surface area contributed by atoms with Gasteiger partial charge in [-0.25, -0.2) is 9.78 Å². The highest BCUT2D eigenvalue weighted by molar-refractivity contribution is 7.09. The molecule has 10 heteroatoms. The smallest absolute Gasteiger partial charge is 0.332 e. The van der Waals surface area contributed by atoms with Gasteiger partial charge in [0.25, 0.3) is 5.56 Å². The zero-order chi connectivity index (χ0) is 24.4. The van der Waals surface area contributed by atoms with Crippen molar-refractivity contribution >= 4 is 28.4 Å². The van der Waals surface area contributed by atoms with Crippen molar-refractivity contribution in [3.63, 3.8) is 0 Å². The van der Waals surface area contributed by atoms with Crippen LogP contribution in [0.25, 0.3) is 11.2 Å². The van der Waals surface area contributed by atoms with Crippen molar-refractivity contribution in [3.05, 3.63) is 79.4 Å². The minimum absolute atomic E-state index is 0.0606. The highest BCUT2D eigenvalue weighted by Gasteiger charge is 2.23. The molecule has 0 aliphatic carbocycles. The summed E-state index contributed by atoms with van der Waals surface area (Å²) in [5.74, 6) is 0.606. The molecule has 0 unspecified atom stereocenters. The Bertz CT molecular complexity index is 1420. The van der Waals surface area contributed by atoms with Crippen LogP contribution >= 0.6 is 11.3 Å². The van der Waals surface area contributed by atoms with Gasteiger partial charge in [-0.05, 0) is 36.1 Å². The summed E-state index contributed by atoms with van der Waals surface area (Å²) < 4.78 is 9.11.